The predicted molar refractivity (Wildman–Crippen MR) is 75.3 cm³/mol. The molecule has 0 bridgehead atoms. The summed E-state index contributed by atoms with van der Waals surface area (Å²) >= 11 is 0. The number of rotatable bonds is 5. The highest BCUT2D eigenvalue weighted by molar-refractivity contribution is 5.97. The van der Waals surface area contributed by atoms with Gasteiger partial charge in [-0.25, -0.2) is 0 Å². The summed E-state index contributed by atoms with van der Waals surface area (Å²) < 4.78 is 5.49. The van der Waals surface area contributed by atoms with Gasteiger partial charge in [-0.15, -0.1) is 0 Å². The van der Waals surface area contributed by atoms with E-state index in [1.54, 1.807) is 6.07 Å². The van der Waals surface area contributed by atoms with Crippen LogP contribution in [0.3, 0.4) is 0 Å². The smallest absolute Gasteiger partial charge is 0.255 e. The number of hydrogen-bond donors (Lipinski definition) is 2. The largest absolute Gasteiger partial charge is 0.493 e. The van der Waals surface area contributed by atoms with Gasteiger partial charge in [-0.3, -0.25) is 4.79 Å². The molecular formula is C15H22N2O2. The quantitative estimate of drug-likeness (QED) is 0.852. The van der Waals surface area contributed by atoms with Gasteiger partial charge in [0.1, 0.15) is 5.75 Å². The Morgan fingerprint density at radius 2 is 2.21 bits per heavy atom. The van der Waals surface area contributed by atoms with Crippen LogP contribution in [-0.2, 0) is 0 Å². The van der Waals surface area contributed by atoms with E-state index < -0.39 is 0 Å². The summed E-state index contributed by atoms with van der Waals surface area (Å²) in [6, 6.07) is 7.55. The number of carbonyl (C=O) groups excluding carboxylic acids is 1. The summed E-state index contributed by atoms with van der Waals surface area (Å²) in [5.74, 6) is 0.988. The van der Waals surface area contributed by atoms with Crippen molar-refractivity contribution >= 4 is 5.91 Å². The number of ether oxygens (including phenoxy) is 1. The zero-order valence-electron chi connectivity index (χ0n) is 11.4. The minimum Gasteiger partial charge on any atom is -0.493 e. The molecule has 0 aliphatic heterocycles. The summed E-state index contributed by atoms with van der Waals surface area (Å²) in [7, 11) is 0. The van der Waals surface area contributed by atoms with Crippen LogP contribution in [0.5, 0.6) is 5.75 Å². The molecule has 19 heavy (non-hydrogen) atoms. The molecule has 3 N–H and O–H groups in total. The Labute approximate surface area is 114 Å². The van der Waals surface area contributed by atoms with Crippen molar-refractivity contribution in [1.29, 1.82) is 0 Å². The molecule has 1 amide bonds. The first-order chi connectivity index (χ1) is 9.26. The second kappa shape index (κ2) is 6.57. The summed E-state index contributed by atoms with van der Waals surface area (Å²) in [6.45, 7) is 3.10. The van der Waals surface area contributed by atoms with E-state index in [-0.39, 0.29) is 11.9 Å². The van der Waals surface area contributed by atoms with Crippen LogP contribution < -0.4 is 15.8 Å². The minimum absolute atomic E-state index is 0.0607. The number of para-hydroxylation sites is 1. The van der Waals surface area contributed by atoms with Gasteiger partial charge < -0.3 is 15.8 Å². The van der Waals surface area contributed by atoms with Gasteiger partial charge in [-0.05, 0) is 44.4 Å². The monoisotopic (exact) mass is 262 g/mol. The molecule has 2 rings (SSSR count). The molecule has 104 valence electrons. The Bertz CT molecular complexity index is 434. The predicted octanol–water partition coefficient (Wildman–Crippen LogP) is 1.94. The maximum absolute atomic E-state index is 12.3. The maximum Gasteiger partial charge on any atom is 0.255 e. The third kappa shape index (κ3) is 3.26. The molecule has 0 heterocycles. The van der Waals surface area contributed by atoms with Gasteiger partial charge in [0.2, 0.25) is 0 Å². The lowest BCUT2D eigenvalue weighted by atomic mass is 10.0. The lowest BCUT2D eigenvalue weighted by Gasteiger charge is -2.20. The van der Waals surface area contributed by atoms with Crippen LogP contribution in [0.1, 0.15) is 36.5 Å². The molecule has 0 saturated heterocycles. The van der Waals surface area contributed by atoms with Crippen molar-refractivity contribution < 1.29 is 9.53 Å². The van der Waals surface area contributed by atoms with E-state index in [1.807, 2.05) is 25.1 Å². The molecule has 0 spiro atoms. The van der Waals surface area contributed by atoms with E-state index in [4.69, 9.17) is 10.5 Å². The van der Waals surface area contributed by atoms with Gasteiger partial charge in [0.05, 0.1) is 12.2 Å². The second-order valence-electron chi connectivity index (χ2n) is 4.94. The van der Waals surface area contributed by atoms with Gasteiger partial charge in [0, 0.05) is 6.04 Å². The number of nitrogens with one attached hydrogen (secondary N) is 1. The third-order valence-corrected chi connectivity index (χ3v) is 3.71. The number of amides is 1. The highest BCUT2D eigenvalue weighted by Crippen LogP contribution is 2.26. The first-order valence-corrected chi connectivity index (χ1v) is 6.99. The van der Waals surface area contributed by atoms with Crippen molar-refractivity contribution in [2.45, 2.75) is 32.2 Å². The molecule has 4 nitrogen and oxygen atoms in total. The van der Waals surface area contributed by atoms with Crippen LogP contribution in [0.4, 0.5) is 0 Å². The number of nitrogens with two attached hydrogens (primary N) is 1. The Morgan fingerprint density at radius 3 is 2.95 bits per heavy atom. The highest BCUT2D eigenvalue weighted by atomic mass is 16.5. The summed E-state index contributed by atoms with van der Waals surface area (Å²) in [6.07, 6.45) is 3.26. The second-order valence-corrected chi connectivity index (χ2v) is 4.94. The average molecular weight is 262 g/mol. The fourth-order valence-electron chi connectivity index (χ4n) is 2.69. The van der Waals surface area contributed by atoms with Crippen molar-refractivity contribution in [2.75, 3.05) is 13.2 Å². The van der Waals surface area contributed by atoms with Crippen LogP contribution >= 0.6 is 0 Å². The van der Waals surface area contributed by atoms with Crippen LogP contribution in [0.25, 0.3) is 0 Å². The molecular weight excluding hydrogens is 240 g/mol. The van der Waals surface area contributed by atoms with E-state index in [2.05, 4.69) is 5.32 Å². The number of benzene rings is 1. The van der Waals surface area contributed by atoms with Crippen LogP contribution in [-0.4, -0.2) is 25.1 Å². The SMILES string of the molecule is CCOc1ccccc1C(=O)NC1CCCC1CN. The summed E-state index contributed by atoms with van der Waals surface area (Å²) in [5.41, 5.74) is 6.34. The number of carbonyl (C=O) groups is 1. The Balaban J connectivity index is 2.07. The van der Waals surface area contributed by atoms with Crippen molar-refractivity contribution in [1.82, 2.24) is 5.32 Å². The van der Waals surface area contributed by atoms with Gasteiger partial charge in [0.15, 0.2) is 0 Å². The van der Waals surface area contributed by atoms with Crippen molar-refractivity contribution in [3.8, 4) is 5.75 Å². The first-order valence-electron chi connectivity index (χ1n) is 6.99. The third-order valence-electron chi connectivity index (χ3n) is 3.71. The minimum atomic E-state index is -0.0607. The van der Waals surface area contributed by atoms with Crippen LogP contribution in [0.15, 0.2) is 24.3 Å². The fraction of sp³-hybridized carbons (Fsp3) is 0.533. The van der Waals surface area contributed by atoms with E-state index >= 15 is 0 Å². The topological polar surface area (TPSA) is 64.3 Å². The van der Waals surface area contributed by atoms with Crippen molar-refractivity contribution in [3.63, 3.8) is 0 Å². The van der Waals surface area contributed by atoms with Gasteiger partial charge in [-0.1, -0.05) is 18.6 Å². The van der Waals surface area contributed by atoms with Crippen molar-refractivity contribution in [2.24, 2.45) is 11.7 Å². The van der Waals surface area contributed by atoms with Gasteiger partial charge >= 0.3 is 0 Å². The molecule has 2 unspecified atom stereocenters. The van der Waals surface area contributed by atoms with Crippen LogP contribution in [0, 0.1) is 5.92 Å². The van der Waals surface area contributed by atoms with E-state index in [1.165, 1.54) is 0 Å². The maximum atomic E-state index is 12.3. The molecule has 1 aromatic carbocycles. The zero-order valence-corrected chi connectivity index (χ0v) is 11.4. The fourth-order valence-corrected chi connectivity index (χ4v) is 2.69. The molecule has 1 fully saturated rings. The van der Waals surface area contributed by atoms with E-state index in [0.29, 0.717) is 30.4 Å². The van der Waals surface area contributed by atoms with Crippen molar-refractivity contribution in [3.05, 3.63) is 29.8 Å². The van der Waals surface area contributed by atoms with E-state index in [0.717, 1.165) is 19.3 Å². The molecule has 4 heteroatoms. The van der Waals surface area contributed by atoms with Gasteiger partial charge in [0.25, 0.3) is 5.91 Å². The van der Waals surface area contributed by atoms with Crippen LogP contribution in [0.2, 0.25) is 0 Å². The Morgan fingerprint density at radius 1 is 1.42 bits per heavy atom. The first kappa shape index (κ1) is 13.9. The molecule has 0 radical (unpaired) electrons. The Kier molecular flexibility index (Phi) is 4.80. The van der Waals surface area contributed by atoms with E-state index in [9.17, 15) is 4.79 Å². The standard InChI is InChI=1S/C15H22N2O2/c1-2-19-14-9-4-3-7-12(14)15(18)17-13-8-5-6-11(13)10-16/h3-4,7,9,11,13H,2,5-6,8,10,16H2,1H3,(H,17,18). The zero-order chi connectivity index (χ0) is 13.7. The summed E-state index contributed by atoms with van der Waals surface area (Å²) in [5, 5.41) is 3.10. The summed E-state index contributed by atoms with van der Waals surface area (Å²) in [4.78, 5) is 12.3. The normalized spacial score (nSPS) is 22.2. The number of hydrogen-bond acceptors (Lipinski definition) is 3. The molecule has 1 saturated carbocycles. The lowest BCUT2D eigenvalue weighted by molar-refractivity contribution is 0.0925. The molecule has 0 aromatic heterocycles. The molecule has 1 aliphatic rings. The molecule has 1 aromatic rings. The van der Waals surface area contributed by atoms with Gasteiger partial charge in [-0.2, -0.15) is 0 Å². The highest BCUT2D eigenvalue weighted by Gasteiger charge is 2.28. The molecule has 2 atom stereocenters. The lowest BCUT2D eigenvalue weighted by Crippen LogP contribution is -2.40. The molecule has 1 aliphatic carbocycles. The average Bonchev–Trinajstić information content (AvgIpc) is 2.87. The Hall–Kier alpha value is -1.55.